The van der Waals surface area contributed by atoms with E-state index in [1.165, 1.54) is 12.1 Å². The minimum Gasteiger partial charge on any atom is -0.330 e. The van der Waals surface area contributed by atoms with Gasteiger partial charge in [0.25, 0.3) is 0 Å². The van der Waals surface area contributed by atoms with E-state index < -0.39 is 5.82 Å². The maximum absolute atomic E-state index is 13.2. The molecule has 0 aliphatic heterocycles. The molecule has 2 N–H and O–H groups in total. The highest BCUT2D eigenvalue weighted by Gasteiger charge is 2.14. The Hall–Kier alpha value is -0.450. The van der Waals surface area contributed by atoms with Crippen LogP contribution in [-0.4, -0.2) is 12.3 Å². The number of halogens is 3. The molecule has 0 bridgehead atoms. The van der Waals surface area contributed by atoms with E-state index in [2.05, 4.69) is 15.9 Å². The molecule has 0 aliphatic carbocycles. The van der Waals surface area contributed by atoms with Gasteiger partial charge in [0.05, 0.1) is 9.50 Å². The molecular weight excluding hydrogens is 272 g/mol. The van der Waals surface area contributed by atoms with Crippen LogP contribution in [0.15, 0.2) is 16.6 Å². The third-order valence-corrected chi connectivity index (χ3v) is 2.77. The van der Waals surface area contributed by atoms with Crippen molar-refractivity contribution in [3.63, 3.8) is 0 Å². The van der Waals surface area contributed by atoms with E-state index in [9.17, 15) is 9.18 Å². The molecule has 0 fully saturated rings. The number of hydrogen-bond acceptors (Lipinski definition) is 2. The van der Waals surface area contributed by atoms with Crippen molar-refractivity contribution < 1.29 is 9.18 Å². The number of benzene rings is 1. The smallest absolute Gasteiger partial charge is 0.165 e. The van der Waals surface area contributed by atoms with Gasteiger partial charge in [-0.25, -0.2) is 4.39 Å². The largest absolute Gasteiger partial charge is 0.330 e. The molecule has 2 nitrogen and oxygen atoms in total. The summed E-state index contributed by atoms with van der Waals surface area (Å²) in [6.07, 6.45) is 0.194. The zero-order valence-electron chi connectivity index (χ0n) is 7.19. The average Bonchev–Trinajstić information content (AvgIpc) is 2.15. The van der Waals surface area contributed by atoms with Gasteiger partial charge < -0.3 is 5.73 Å². The first-order chi connectivity index (χ1) is 6.57. The number of Topliss-reactive ketones (excluding diaryl/α,β-unsaturated/α-hetero) is 1. The summed E-state index contributed by atoms with van der Waals surface area (Å²) in [7, 11) is 0. The standard InChI is InChI=1S/C9H8BrClFNO/c10-8-5(7(14)3-4-13)1-2-6(11)9(8)12/h1-2H,3-4,13H2. The number of rotatable bonds is 3. The van der Waals surface area contributed by atoms with Crippen molar-refractivity contribution in [2.75, 3.05) is 6.54 Å². The lowest BCUT2D eigenvalue weighted by Gasteiger charge is -2.04. The third kappa shape index (κ3) is 2.32. The van der Waals surface area contributed by atoms with Crippen LogP contribution in [0.1, 0.15) is 16.8 Å². The highest BCUT2D eigenvalue weighted by molar-refractivity contribution is 9.10. The van der Waals surface area contributed by atoms with E-state index in [4.69, 9.17) is 17.3 Å². The van der Waals surface area contributed by atoms with Crippen LogP contribution in [0.5, 0.6) is 0 Å². The van der Waals surface area contributed by atoms with Gasteiger partial charge in [0, 0.05) is 12.0 Å². The second kappa shape index (κ2) is 4.87. The Morgan fingerprint density at radius 1 is 1.57 bits per heavy atom. The molecule has 1 rings (SSSR count). The van der Waals surface area contributed by atoms with Crippen molar-refractivity contribution in [2.45, 2.75) is 6.42 Å². The molecule has 0 aliphatic rings. The Bertz CT molecular complexity index is 370. The second-order valence-electron chi connectivity index (χ2n) is 2.68. The molecule has 0 aromatic heterocycles. The van der Waals surface area contributed by atoms with Gasteiger partial charge in [-0.3, -0.25) is 4.79 Å². The van der Waals surface area contributed by atoms with Gasteiger partial charge in [0.2, 0.25) is 0 Å². The summed E-state index contributed by atoms with van der Waals surface area (Å²) in [6.45, 7) is 0.246. The normalized spacial score (nSPS) is 10.3. The molecule has 0 unspecified atom stereocenters. The molecular formula is C9H8BrClFNO. The zero-order chi connectivity index (χ0) is 10.7. The Kier molecular flexibility index (Phi) is 4.04. The first kappa shape index (κ1) is 11.6. The van der Waals surface area contributed by atoms with Gasteiger partial charge in [-0.2, -0.15) is 0 Å². The molecule has 1 aromatic rings. The highest BCUT2D eigenvalue weighted by atomic mass is 79.9. The Labute approximate surface area is 94.4 Å². The Balaban J connectivity index is 3.11. The lowest BCUT2D eigenvalue weighted by molar-refractivity contribution is 0.0984. The number of ketones is 1. The van der Waals surface area contributed by atoms with Crippen LogP contribution in [0.3, 0.4) is 0 Å². The molecule has 0 amide bonds. The quantitative estimate of drug-likeness (QED) is 0.683. The van der Waals surface area contributed by atoms with Crippen molar-refractivity contribution in [3.05, 3.63) is 33.0 Å². The van der Waals surface area contributed by atoms with Crippen LogP contribution in [0.2, 0.25) is 5.02 Å². The van der Waals surface area contributed by atoms with Gasteiger partial charge in [0.1, 0.15) is 0 Å². The van der Waals surface area contributed by atoms with Crippen molar-refractivity contribution in [1.29, 1.82) is 0 Å². The van der Waals surface area contributed by atoms with E-state index in [0.717, 1.165) is 0 Å². The lowest BCUT2D eigenvalue weighted by Crippen LogP contribution is -2.09. The number of nitrogens with two attached hydrogens (primary N) is 1. The molecule has 5 heteroatoms. The fraction of sp³-hybridized carbons (Fsp3) is 0.222. The Morgan fingerprint density at radius 2 is 2.21 bits per heavy atom. The first-order valence-corrected chi connectivity index (χ1v) is 5.11. The predicted octanol–water partition coefficient (Wildman–Crippen LogP) is 2.77. The van der Waals surface area contributed by atoms with Crippen LogP contribution < -0.4 is 5.73 Å². The number of hydrogen-bond donors (Lipinski definition) is 1. The van der Waals surface area contributed by atoms with Crippen LogP contribution in [0.25, 0.3) is 0 Å². The van der Waals surface area contributed by atoms with Gasteiger partial charge in [0.15, 0.2) is 11.6 Å². The molecule has 0 atom stereocenters. The summed E-state index contributed by atoms with van der Waals surface area (Å²) in [6, 6.07) is 2.83. The maximum atomic E-state index is 13.2. The van der Waals surface area contributed by atoms with Crippen LogP contribution in [0, 0.1) is 5.82 Å². The highest BCUT2D eigenvalue weighted by Crippen LogP contribution is 2.27. The fourth-order valence-corrected chi connectivity index (χ4v) is 1.85. The third-order valence-electron chi connectivity index (χ3n) is 1.71. The number of carbonyl (C=O) groups is 1. The Morgan fingerprint density at radius 3 is 2.79 bits per heavy atom. The minimum absolute atomic E-state index is 0.0128. The van der Waals surface area contributed by atoms with Crippen molar-refractivity contribution in [3.8, 4) is 0 Å². The van der Waals surface area contributed by atoms with E-state index in [0.29, 0.717) is 0 Å². The predicted molar refractivity (Wildman–Crippen MR) is 57.1 cm³/mol. The SMILES string of the molecule is NCCC(=O)c1ccc(Cl)c(F)c1Br. The number of carbonyl (C=O) groups excluding carboxylic acids is 1. The summed E-state index contributed by atoms with van der Waals surface area (Å²) in [4.78, 5) is 11.4. The maximum Gasteiger partial charge on any atom is 0.165 e. The van der Waals surface area contributed by atoms with E-state index in [1.807, 2.05) is 0 Å². The molecule has 0 spiro atoms. The van der Waals surface area contributed by atoms with Crippen molar-refractivity contribution in [2.24, 2.45) is 5.73 Å². The minimum atomic E-state index is -0.616. The van der Waals surface area contributed by atoms with Gasteiger partial charge in [-0.05, 0) is 34.6 Å². The molecule has 0 radical (unpaired) electrons. The molecule has 0 heterocycles. The first-order valence-electron chi connectivity index (χ1n) is 3.94. The monoisotopic (exact) mass is 279 g/mol. The van der Waals surface area contributed by atoms with E-state index >= 15 is 0 Å². The summed E-state index contributed by atoms with van der Waals surface area (Å²) in [5.41, 5.74) is 5.50. The topological polar surface area (TPSA) is 43.1 Å². The van der Waals surface area contributed by atoms with Crippen LogP contribution in [-0.2, 0) is 0 Å². The molecule has 14 heavy (non-hydrogen) atoms. The van der Waals surface area contributed by atoms with Crippen molar-refractivity contribution in [1.82, 2.24) is 0 Å². The summed E-state index contributed by atoms with van der Waals surface area (Å²) >= 11 is 8.51. The summed E-state index contributed by atoms with van der Waals surface area (Å²) in [5, 5.41) is -0.0128. The van der Waals surface area contributed by atoms with E-state index in [-0.39, 0.29) is 33.8 Å². The van der Waals surface area contributed by atoms with Crippen LogP contribution in [0.4, 0.5) is 4.39 Å². The summed E-state index contributed by atoms with van der Waals surface area (Å²) in [5.74, 6) is -0.815. The van der Waals surface area contributed by atoms with Gasteiger partial charge >= 0.3 is 0 Å². The van der Waals surface area contributed by atoms with E-state index in [1.54, 1.807) is 0 Å². The van der Waals surface area contributed by atoms with Crippen molar-refractivity contribution >= 4 is 33.3 Å². The summed E-state index contributed by atoms with van der Waals surface area (Å²) < 4.78 is 13.3. The zero-order valence-corrected chi connectivity index (χ0v) is 9.53. The molecule has 1 aromatic carbocycles. The van der Waals surface area contributed by atoms with Crippen LogP contribution >= 0.6 is 27.5 Å². The molecule has 76 valence electrons. The second-order valence-corrected chi connectivity index (χ2v) is 3.88. The molecule has 0 saturated heterocycles. The van der Waals surface area contributed by atoms with Gasteiger partial charge in [-0.1, -0.05) is 11.6 Å². The lowest BCUT2D eigenvalue weighted by atomic mass is 10.1. The molecule has 0 saturated carbocycles. The average molecular weight is 281 g/mol. The van der Waals surface area contributed by atoms with Gasteiger partial charge in [-0.15, -0.1) is 0 Å². The fourth-order valence-electron chi connectivity index (χ4n) is 1.01.